The molecule has 2 aromatic rings. The largest absolute Gasteiger partial charge is 0.349 e. The number of thioether (sulfide) groups is 1. The van der Waals surface area contributed by atoms with E-state index in [9.17, 15) is 4.79 Å². The minimum atomic E-state index is 0.0590. The van der Waals surface area contributed by atoms with Crippen LogP contribution in [0.4, 0.5) is 0 Å². The van der Waals surface area contributed by atoms with E-state index in [-0.39, 0.29) is 11.9 Å². The van der Waals surface area contributed by atoms with E-state index in [1.165, 1.54) is 19.3 Å². The van der Waals surface area contributed by atoms with Crippen molar-refractivity contribution in [2.45, 2.75) is 54.8 Å². The van der Waals surface area contributed by atoms with Crippen LogP contribution >= 0.6 is 23.1 Å². The van der Waals surface area contributed by atoms with Gasteiger partial charge in [-0.3, -0.25) is 4.79 Å². The minimum Gasteiger partial charge on any atom is -0.349 e. The Hall–Kier alpha value is -1.37. The van der Waals surface area contributed by atoms with Crippen LogP contribution in [0.2, 0.25) is 0 Å². The van der Waals surface area contributed by atoms with Crippen LogP contribution in [0, 0.1) is 11.8 Å². The maximum absolute atomic E-state index is 13.0. The second-order valence-electron chi connectivity index (χ2n) is 7.45. The summed E-state index contributed by atoms with van der Waals surface area (Å²) in [4.78, 5) is 18.4. The maximum atomic E-state index is 13.0. The normalized spacial score (nSPS) is 27.9. The molecule has 2 aliphatic carbocycles. The van der Waals surface area contributed by atoms with Gasteiger partial charge in [0.25, 0.3) is 5.91 Å². The molecular formula is C20H25N3OS2. The summed E-state index contributed by atoms with van der Waals surface area (Å²) in [5.41, 5.74) is 9.91. The van der Waals surface area contributed by atoms with E-state index < -0.39 is 0 Å². The second-order valence-corrected chi connectivity index (χ2v) is 9.18. The van der Waals surface area contributed by atoms with Crippen LogP contribution in [0.1, 0.15) is 48.2 Å². The van der Waals surface area contributed by atoms with Crippen molar-refractivity contribution in [1.82, 2.24) is 10.3 Å². The van der Waals surface area contributed by atoms with Gasteiger partial charge in [-0.05, 0) is 49.7 Å². The average molecular weight is 388 g/mol. The summed E-state index contributed by atoms with van der Waals surface area (Å²) in [5, 5.41) is 5.43. The van der Waals surface area contributed by atoms with Crippen LogP contribution in [-0.2, 0) is 5.75 Å². The van der Waals surface area contributed by atoms with E-state index >= 15 is 0 Å². The molecule has 4 rings (SSSR count). The van der Waals surface area contributed by atoms with Gasteiger partial charge in [0, 0.05) is 28.1 Å². The Kier molecular flexibility index (Phi) is 5.62. The van der Waals surface area contributed by atoms with Gasteiger partial charge in [-0.25, -0.2) is 4.98 Å². The maximum Gasteiger partial charge on any atom is 0.252 e. The van der Waals surface area contributed by atoms with Gasteiger partial charge < -0.3 is 11.1 Å². The van der Waals surface area contributed by atoms with E-state index in [4.69, 9.17) is 5.73 Å². The van der Waals surface area contributed by atoms with Crippen molar-refractivity contribution in [3.05, 3.63) is 46.4 Å². The molecule has 1 amide bonds. The zero-order valence-corrected chi connectivity index (χ0v) is 16.4. The number of benzene rings is 1. The summed E-state index contributed by atoms with van der Waals surface area (Å²) >= 11 is 3.28. The fraction of sp³-hybridized carbons (Fsp3) is 0.500. The third-order valence-corrected chi connectivity index (χ3v) is 7.41. The Morgan fingerprint density at radius 2 is 2.04 bits per heavy atom. The predicted octanol–water partition coefficient (Wildman–Crippen LogP) is 4.07. The predicted molar refractivity (Wildman–Crippen MR) is 107 cm³/mol. The SMILES string of the molecule is NC1CC2CCCC(C1)C2NC(=O)c1ccccc1SCc1cscn1. The average Bonchev–Trinajstić information content (AvgIpc) is 3.14. The molecule has 0 saturated heterocycles. The molecule has 2 saturated carbocycles. The minimum absolute atomic E-state index is 0.0590. The number of nitrogens with one attached hydrogen (secondary N) is 1. The molecule has 4 nitrogen and oxygen atoms in total. The lowest BCUT2D eigenvalue weighted by molar-refractivity contribution is 0.0753. The monoisotopic (exact) mass is 387 g/mol. The first-order valence-corrected chi connectivity index (χ1v) is 11.3. The summed E-state index contributed by atoms with van der Waals surface area (Å²) in [6.45, 7) is 0. The highest BCUT2D eigenvalue weighted by Crippen LogP contribution is 2.40. The molecule has 6 heteroatoms. The molecule has 138 valence electrons. The number of nitrogens with two attached hydrogens (primary N) is 1. The molecule has 2 atom stereocenters. The summed E-state index contributed by atoms with van der Waals surface area (Å²) in [6, 6.07) is 8.49. The fourth-order valence-corrected chi connectivity index (χ4v) is 6.11. The van der Waals surface area contributed by atoms with Crippen LogP contribution in [0.25, 0.3) is 0 Å². The van der Waals surface area contributed by atoms with Crippen molar-refractivity contribution in [2.24, 2.45) is 17.6 Å². The van der Waals surface area contributed by atoms with Crippen molar-refractivity contribution in [3.8, 4) is 0 Å². The lowest BCUT2D eigenvalue weighted by Crippen LogP contribution is -2.53. The van der Waals surface area contributed by atoms with Gasteiger partial charge in [-0.1, -0.05) is 18.6 Å². The van der Waals surface area contributed by atoms with Crippen LogP contribution < -0.4 is 11.1 Å². The van der Waals surface area contributed by atoms with Crippen molar-refractivity contribution in [1.29, 1.82) is 0 Å². The van der Waals surface area contributed by atoms with E-state index in [2.05, 4.69) is 15.7 Å². The number of carbonyl (C=O) groups excluding carboxylic acids is 1. The summed E-state index contributed by atoms with van der Waals surface area (Å²) in [5.74, 6) is 1.92. The summed E-state index contributed by atoms with van der Waals surface area (Å²) in [7, 11) is 0. The highest BCUT2D eigenvalue weighted by Gasteiger charge is 2.40. The van der Waals surface area contributed by atoms with Crippen molar-refractivity contribution in [3.63, 3.8) is 0 Å². The van der Waals surface area contributed by atoms with E-state index in [1.54, 1.807) is 23.1 Å². The number of amides is 1. The lowest BCUT2D eigenvalue weighted by atomic mass is 9.67. The lowest BCUT2D eigenvalue weighted by Gasteiger charge is -2.45. The van der Waals surface area contributed by atoms with Gasteiger partial charge in [0.15, 0.2) is 0 Å². The Labute approximate surface area is 163 Å². The number of fused-ring (bicyclic) bond motifs is 2. The number of carbonyl (C=O) groups is 1. The number of hydrogen-bond donors (Lipinski definition) is 2. The first-order valence-electron chi connectivity index (χ1n) is 9.36. The van der Waals surface area contributed by atoms with E-state index in [0.717, 1.165) is 34.7 Å². The zero-order valence-electron chi connectivity index (χ0n) is 14.8. The molecular weight excluding hydrogens is 362 g/mol. The fourth-order valence-electron chi connectivity index (χ4n) is 4.49. The quantitative estimate of drug-likeness (QED) is 0.759. The van der Waals surface area contributed by atoms with E-state index in [0.29, 0.717) is 17.9 Å². The molecule has 2 unspecified atom stereocenters. The van der Waals surface area contributed by atoms with Crippen LogP contribution in [0.3, 0.4) is 0 Å². The van der Waals surface area contributed by atoms with Crippen LogP contribution in [-0.4, -0.2) is 23.0 Å². The smallest absolute Gasteiger partial charge is 0.252 e. The van der Waals surface area contributed by atoms with Crippen LogP contribution in [0.5, 0.6) is 0 Å². The molecule has 2 fully saturated rings. The van der Waals surface area contributed by atoms with E-state index in [1.807, 2.05) is 29.8 Å². The third kappa shape index (κ3) is 3.97. The van der Waals surface area contributed by atoms with Gasteiger partial charge in [0.05, 0.1) is 16.8 Å². The van der Waals surface area contributed by atoms with Crippen molar-refractivity contribution in [2.75, 3.05) is 0 Å². The summed E-state index contributed by atoms with van der Waals surface area (Å²) < 4.78 is 0. The first kappa shape index (κ1) is 18.0. The molecule has 1 aromatic heterocycles. The highest BCUT2D eigenvalue weighted by atomic mass is 32.2. The Bertz CT molecular complexity index is 735. The van der Waals surface area contributed by atoms with Gasteiger partial charge >= 0.3 is 0 Å². The molecule has 2 bridgehead atoms. The molecule has 0 spiro atoms. The van der Waals surface area contributed by atoms with Gasteiger partial charge in [0.1, 0.15) is 0 Å². The third-order valence-electron chi connectivity index (χ3n) is 5.67. The Morgan fingerprint density at radius 3 is 2.77 bits per heavy atom. The zero-order chi connectivity index (χ0) is 17.9. The topological polar surface area (TPSA) is 68.0 Å². The molecule has 1 aromatic carbocycles. The van der Waals surface area contributed by atoms with Crippen molar-refractivity contribution >= 4 is 29.0 Å². The number of aromatic nitrogens is 1. The van der Waals surface area contributed by atoms with Crippen molar-refractivity contribution < 1.29 is 4.79 Å². The number of rotatable bonds is 5. The molecule has 0 radical (unpaired) electrons. The second kappa shape index (κ2) is 8.11. The summed E-state index contributed by atoms with van der Waals surface area (Å²) in [6.07, 6.45) is 5.74. The molecule has 2 aliphatic rings. The number of nitrogens with zero attached hydrogens (tertiary/aromatic N) is 1. The molecule has 3 N–H and O–H groups in total. The molecule has 26 heavy (non-hydrogen) atoms. The van der Waals surface area contributed by atoms with Gasteiger partial charge in [-0.2, -0.15) is 0 Å². The first-order chi connectivity index (χ1) is 12.7. The van der Waals surface area contributed by atoms with Gasteiger partial charge in [0.2, 0.25) is 0 Å². The Balaban J connectivity index is 1.46. The number of thiazole rings is 1. The molecule has 0 aliphatic heterocycles. The van der Waals surface area contributed by atoms with Crippen LogP contribution in [0.15, 0.2) is 40.1 Å². The Morgan fingerprint density at radius 1 is 1.27 bits per heavy atom. The van der Waals surface area contributed by atoms with Gasteiger partial charge in [-0.15, -0.1) is 23.1 Å². The highest BCUT2D eigenvalue weighted by molar-refractivity contribution is 7.98. The number of hydrogen-bond acceptors (Lipinski definition) is 5. The standard InChI is InChI=1S/C20H25N3OS2/c21-15-8-13-4-3-5-14(9-15)19(13)23-20(24)17-6-1-2-7-18(17)26-11-16-10-25-12-22-16/h1-2,6-7,10,12-15,19H,3-5,8-9,11,21H2,(H,23,24). The molecule has 1 heterocycles.